The summed E-state index contributed by atoms with van der Waals surface area (Å²) in [5.74, 6) is 2.30. The minimum absolute atomic E-state index is 0.380. The van der Waals surface area contributed by atoms with Crippen molar-refractivity contribution in [3.8, 4) is 22.9 Å². The number of rotatable bonds is 6. The number of aromatic nitrogens is 2. The lowest BCUT2D eigenvalue weighted by molar-refractivity contribution is 0.110. The van der Waals surface area contributed by atoms with Gasteiger partial charge in [-0.2, -0.15) is 4.73 Å². The van der Waals surface area contributed by atoms with Gasteiger partial charge in [0.05, 0.1) is 19.7 Å². The summed E-state index contributed by atoms with van der Waals surface area (Å²) in [6.07, 6.45) is 0. The van der Waals surface area contributed by atoms with Crippen molar-refractivity contribution in [2.75, 3.05) is 14.2 Å². The number of methoxy groups -OCH3 is 2. The third-order valence-electron chi connectivity index (χ3n) is 4.44. The quantitative estimate of drug-likeness (QED) is 0.461. The molecule has 0 saturated carbocycles. The highest BCUT2D eigenvalue weighted by molar-refractivity contribution is 6.31. The van der Waals surface area contributed by atoms with Crippen LogP contribution < -0.4 is 14.3 Å². The number of hydrogen-bond acceptors (Lipinski definition) is 4. The van der Waals surface area contributed by atoms with Crippen LogP contribution in [0, 0.1) is 0 Å². The largest absolute Gasteiger partial charge is 0.497 e. The normalized spacial score (nSPS) is 10.8. The SMILES string of the molecule is COc1ccc(COn2c(-c3ccc(OC)cc3)nc3ccc(Cl)cc32)cc1. The molecule has 0 unspecified atom stereocenters. The van der Waals surface area contributed by atoms with Gasteiger partial charge in [0.2, 0.25) is 0 Å². The molecule has 1 heterocycles. The fourth-order valence-electron chi connectivity index (χ4n) is 2.94. The van der Waals surface area contributed by atoms with Crippen molar-refractivity contribution in [3.05, 3.63) is 77.3 Å². The first-order chi connectivity index (χ1) is 13.7. The summed E-state index contributed by atoms with van der Waals surface area (Å²) in [7, 11) is 3.29. The molecule has 5 nitrogen and oxygen atoms in total. The average molecular weight is 395 g/mol. The maximum Gasteiger partial charge on any atom is 0.176 e. The van der Waals surface area contributed by atoms with Crippen LogP contribution >= 0.6 is 11.6 Å². The summed E-state index contributed by atoms with van der Waals surface area (Å²) in [6.45, 7) is 0.380. The van der Waals surface area contributed by atoms with Gasteiger partial charge in [0.1, 0.15) is 23.6 Å². The van der Waals surface area contributed by atoms with Crippen LogP contribution in [0.1, 0.15) is 5.56 Å². The average Bonchev–Trinajstić information content (AvgIpc) is 3.10. The Hall–Kier alpha value is -3.18. The first-order valence-corrected chi connectivity index (χ1v) is 9.14. The molecule has 0 N–H and O–H groups in total. The van der Waals surface area contributed by atoms with Crippen LogP contribution in [0.5, 0.6) is 11.5 Å². The van der Waals surface area contributed by atoms with E-state index in [-0.39, 0.29) is 0 Å². The highest BCUT2D eigenvalue weighted by atomic mass is 35.5. The molecule has 4 aromatic rings. The monoisotopic (exact) mass is 394 g/mol. The van der Waals surface area contributed by atoms with Crippen molar-refractivity contribution in [2.24, 2.45) is 0 Å². The predicted octanol–water partition coefficient (Wildman–Crippen LogP) is 5.00. The number of benzene rings is 3. The van der Waals surface area contributed by atoms with Crippen LogP contribution in [0.15, 0.2) is 66.7 Å². The molecule has 0 amide bonds. The molecule has 0 fully saturated rings. The van der Waals surface area contributed by atoms with Gasteiger partial charge in [-0.3, -0.25) is 0 Å². The van der Waals surface area contributed by atoms with Crippen LogP contribution in [0.3, 0.4) is 0 Å². The van der Waals surface area contributed by atoms with Crippen molar-refractivity contribution >= 4 is 22.6 Å². The Balaban J connectivity index is 1.72. The molecule has 1 aromatic heterocycles. The number of fused-ring (bicyclic) bond motifs is 1. The second-order valence-electron chi connectivity index (χ2n) is 6.21. The van der Waals surface area contributed by atoms with Crippen LogP contribution in [0.2, 0.25) is 5.02 Å². The first kappa shape index (κ1) is 18.2. The van der Waals surface area contributed by atoms with Gasteiger partial charge < -0.3 is 14.3 Å². The maximum atomic E-state index is 6.21. The number of ether oxygens (including phenoxy) is 2. The lowest BCUT2D eigenvalue weighted by atomic mass is 10.2. The second-order valence-corrected chi connectivity index (χ2v) is 6.65. The van der Waals surface area contributed by atoms with Crippen molar-refractivity contribution in [3.63, 3.8) is 0 Å². The fourth-order valence-corrected chi connectivity index (χ4v) is 3.11. The molecule has 4 rings (SSSR count). The molecule has 0 saturated heterocycles. The third kappa shape index (κ3) is 3.62. The molecule has 0 bridgehead atoms. The summed E-state index contributed by atoms with van der Waals surface area (Å²) in [4.78, 5) is 10.9. The summed E-state index contributed by atoms with van der Waals surface area (Å²) in [5.41, 5.74) is 3.56. The van der Waals surface area contributed by atoms with Crippen molar-refractivity contribution < 1.29 is 14.3 Å². The molecule has 0 atom stereocenters. The van der Waals surface area contributed by atoms with Crippen molar-refractivity contribution in [1.82, 2.24) is 9.71 Å². The van der Waals surface area contributed by atoms with Crippen LogP contribution in [-0.2, 0) is 6.61 Å². The second kappa shape index (κ2) is 7.82. The Bertz CT molecular complexity index is 1090. The molecule has 3 aromatic carbocycles. The van der Waals surface area contributed by atoms with E-state index >= 15 is 0 Å². The van der Waals surface area contributed by atoms with Gasteiger partial charge in [-0.05, 0) is 60.2 Å². The number of nitrogens with zero attached hydrogens (tertiary/aromatic N) is 2. The molecule has 6 heteroatoms. The Kier molecular flexibility index (Phi) is 5.08. The Morgan fingerprint density at radius 1 is 0.857 bits per heavy atom. The topological polar surface area (TPSA) is 45.5 Å². The molecule has 0 aliphatic heterocycles. The van der Waals surface area contributed by atoms with Crippen LogP contribution in [0.25, 0.3) is 22.4 Å². The van der Waals surface area contributed by atoms with E-state index in [1.165, 1.54) is 0 Å². The lowest BCUT2D eigenvalue weighted by Gasteiger charge is -2.12. The zero-order valence-electron chi connectivity index (χ0n) is 15.6. The van der Waals surface area contributed by atoms with Crippen LogP contribution in [0.4, 0.5) is 0 Å². The van der Waals surface area contributed by atoms with Gasteiger partial charge in [-0.15, -0.1) is 0 Å². The molecule has 0 aliphatic rings. The van der Waals surface area contributed by atoms with Gasteiger partial charge in [-0.1, -0.05) is 23.7 Å². The van der Waals surface area contributed by atoms with Gasteiger partial charge in [0.25, 0.3) is 0 Å². The Labute approximate surface area is 168 Å². The van der Waals surface area contributed by atoms with E-state index in [0.717, 1.165) is 33.7 Å². The minimum atomic E-state index is 0.380. The van der Waals surface area contributed by atoms with Crippen molar-refractivity contribution in [2.45, 2.75) is 6.61 Å². The van der Waals surface area contributed by atoms with E-state index in [1.54, 1.807) is 19.0 Å². The van der Waals surface area contributed by atoms with Gasteiger partial charge in [0.15, 0.2) is 5.82 Å². The molecular weight excluding hydrogens is 376 g/mol. The summed E-state index contributed by atoms with van der Waals surface area (Å²) in [6, 6.07) is 21.0. The number of imidazole rings is 1. The van der Waals surface area contributed by atoms with E-state index in [0.29, 0.717) is 17.5 Å². The van der Waals surface area contributed by atoms with E-state index < -0.39 is 0 Å². The van der Waals surface area contributed by atoms with Gasteiger partial charge in [-0.25, -0.2) is 4.98 Å². The minimum Gasteiger partial charge on any atom is -0.497 e. The summed E-state index contributed by atoms with van der Waals surface area (Å²) >= 11 is 6.21. The van der Waals surface area contributed by atoms with Gasteiger partial charge >= 0.3 is 0 Å². The third-order valence-corrected chi connectivity index (χ3v) is 4.68. The predicted molar refractivity (Wildman–Crippen MR) is 110 cm³/mol. The van der Waals surface area contributed by atoms with Crippen molar-refractivity contribution in [1.29, 1.82) is 0 Å². The lowest BCUT2D eigenvalue weighted by Crippen LogP contribution is -2.12. The zero-order valence-corrected chi connectivity index (χ0v) is 16.3. The molecule has 0 radical (unpaired) electrons. The fraction of sp³-hybridized carbons (Fsp3) is 0.136. The van der Waals surface area contributed by atoms with E-state index in [9.17, 15) is 0 Å². The molecule has 28 heavy (non-hydrogen) atoms. The number of halogens is 1. The van der Waals surface area contributed by atoms with Gasteiger partial charge in [0, 0.05) is 10.6 Å². The van der Waals surface area contributed by atoms with E-state index in [4.69, 9.17) is 30.9 Å². The molecule has 0 aliphatic carbocycles. The highest BCUT2D eigenvalue weighted by Crippen LogP contribution is 2.27. The Morgan fingerprint density at radius 2 is 1.50 bits per heavy atom. The maximum absolute atomic E-state index is 6.21. The molecular formula is C22H19ClN2O3. The highest BCUT2D eigenvalue weighted by Gasteiger charge is 2.15. The summed E-state index contributed by atoms with van der Waals surface area (Å²) < 4.78 is 12.2. The zero-order chi connectivity index (χ0) is 19.5. The van der Waals surface area contributed by atoms with E-state index in [2.05, 4.69) is 0 Å². The number of hydrogen-bond donors (Lipinski definition) is 0. The first-order valence-electron chi connectivity index (χ1n) is 8.76. The standard InChI is InChI=1S/C22H19ClN2O3/c1-26-18-8-3-15(4-9-18)14-28-25-21-13-17(23)7-12-20(21)24-22(25)16-5-10-19(27-2)11-6-16/h3-13H,14H2,1-2H3. The summed E-state index contributed by atoms with van der Waals surface area (Å²) in [5, 5.41) is 0.628. The van der Waals surface area contributed by atoms with E-state index in [1.807, 2.05) is 66.7 Å². The smallest absolute Gasteiger partial charge is 0.176 e. The van der Waals surface area contributed by atoms with Crippen LogP contribution in [-0.4, -0.2) is 23.9 Å². The Morgan fingerprint density at radius 3 is 2.14 bits per heavy atom. The molecule has 142 valence electrons. The molecule has 0 spiro atoms.